The SMILES string of the molecule is CCNc1ncnc(NCCc2ccncc2)c1[N+](=O)[O-]. The molecule has 110 valence electrons. The van der Waals surface area contributed by atoms with E-state index >= 15 is 0 Å². The van der Waals surface area contributed by atoms with Gasteiger partial charge in [0.25, 0.3) is 0 Å². The Kier molecular flexibility index (Phi) is 4.97. The quantitative estimate of drug-likeness (QED) is 0.591. The molecule has 0 aliphatic rings. The van der Waals surface area contributed by atoms with E-state index in [0.29, 0.717) is 13.1 Å². The van der Waals surface area contributed by atoms with Gasteiger partial charge >= 0.3 is 5.69 Å². The molecular formula is C13H16N6O2. The van der Waals surface area contributed by atoms with Crippen LogP contribution >= 0.6 is 0 Å². The van der Waals surface area contributed by atoms with Gasteiger partial charge in [-0.1, -0.05) is 0 Å². The largest absolute Gasteiger partial charge is 0.364 e. The smallest absolute Gasteiger partial charge is 0.353 e. The van der Waals surface area contributed by atoms with Gasteiger partial charge in [-0.3, -0.25) is 15.1 Å². The van der Waals surface area contributed by atoms with Crippen molar-refractivity contribution in [1.29, 1.82) is 0 Å². The molecule has 2 rings (SSSR count). The number of aromatic nitrogens is 3. The van der Waals surface area contributed by atoms with Crippen molar-refractivity contribution in [2.45, 2.75) is 13.3 Å². The van der Waals surface area contributed by atoms with Crippen LogP contribution in [0.2, 0.25) is 0 Å². The molecule has 2 N–H and O–H groups in total. The number of rotatable bonds is 7. The van der Waals surface area contributed by atoms with Crippen LogP contribution in [0.5, 0.6) is 0 Å². The summed E-state index contributed by atoms with van der Waals surface area (Å²) in [6.07, 6.45) is 5.46. The van der Waals surface area contributed by atoms with Crippen molar-refractivity contribution in [3.8, 4) is 0 Å². The second-order valence-electron chi connectivity index (χ2n) is 4.24. The monoisotopic (exact) mass is 288 g/mol. The molecule has 0 bridgehead atoms. The summed E-state index contributed by atoms with van der Waals surface area (Å²) in [5, 5.41) is 17.0. The number of nitrogens with zero attached hydrogens (tertiary/aromatic N) is 4. The van der Waals surface area contributed by atoms with E-state index in [4.69, 9.17) is 0 Å². The number of anilines is 2. The van der Waals surface area contributed by atoms with Crippen LogP contribution in [0.3, 0.4) is 0 Å². The molecule has 0 aliphatic heterocycles. The van der Waals surface area contributed by atoms with Crippen LogP contribution in [0.4, 0.5) is 17.3 Å². The maximum absolute atomic E-state index is 11.2. The van der Waals surface area contributed by atoms with Crippen molar-refractivity contribution >= 4 is 17.3 Å². The summed E-state index contributed by atoms with van der Waals surface area (Å²) in [7, 11) is 0. The van der Waals surface area contributed by atoms with E-state index in [1.807, 2.05) is 19.1 Å². The van der Waals surface area contributed by atoms with E-state index in [9.17, 15) is 10.1 Å². The topological polar surface area (TPSA) is 106 Å². The molecule has 21 heavy (non-hydrogen) atoms. The average Bonchev–Trinajstić information content (AvgIpc) is 2.48. The van der Waals surface area contributed by atoms with E-state index in [1.165, 1.54) is 6.33 Å². The van der Waals surface area contributed by atoms with Gasteiger partial charge in [-0.2, -0.15) is 0 Å². The molecule has 0 saturated heterocycles. The third-order valence-electron chi connectivity index (χ3n) is 2.80. The molecule has 2 heterocycles. The summed E-state index contributed by atoms with van der Waals surface area (Å²) >= 11 is 0. The molecule has 2 aromatic heterocycles. The standard InChI is InChI=1S/C13H16N6O2/c1-2-15-12-11(19(20)21)13(18-9-17-12)16-8-5-10-3-6-14-7-4-10/h3-4,6-7,9H,2,5,8H2,1H3,(H2,15,16,17,18). The Hall–Kier alpha value is -2.77. The van der Waals surface area contributed by atoms with Gasteiger partial charge < -0.3 is 10.6 Å². The summed E-state index contributed by atoms with van der Waals surface area (Å²) in [4.78, 5) is 22.5. The molecule has 0 unspecified atom stereocenters. The van der Waals surface area contributed by atoms with Crippen molar-refractivity contribution in [1.82, 2.24) is 15.0 Å². The van der Waals surface area contributed by atoms with Gasteiger partial charge in [-0.05, 0) is 31.0 Å². The first-order valence-electron chi connectivity index (χ1n) is 6.58. The second-order valence-corrected chi connectivity index (χ2v) is 4.24. The molecule has 0 saturated carbocycles. The van der Waals surface area contributed by atoms with Gasteiger partial charge in [0.1, 0.15) is 6.33 Å². The molecule has 0 atom stereocenters. The minimum atomic E-state index is -0.479. The molecule has 0 spiro atoms. The Balaban J connectivity index is 2.08. The predicted molar refractivity (Wildman–Crippen MR) is 79.3 cm³/mol. The van der Waals surface area contributed by atoms with Crippen molar-refractivity contribution in [2.75, 3.05) is 23.7 Å². The second kappa shape index (κ2) is 7.13. The third-order valence-corrected chi connectivity index (χ3v) is 2.80. The number of hydrogen-bond acceptors (Lipinski definition) is 7. The molecule has 0 aromatic carbocycles. The summed E-state index contributed by atoms with van der Waals surface area (Å²) in [5.41, 5.74) is 0.968. The molecule has 8 heteroatoms. The van der Waals surface area contributed by atoms with Gasteiger partial charge in [-0.25, -0.2) is 9.97 Å². The summed E-state index contributed by atoms with van der Waals surface area (Å²) < 4.78 is 0. The van der Waals surface area contributed by atoms with E-state index in [2.05, 4.69) is 25.6 Å². The summed E-state index contributed by atoms with van der Waals surface area (Å²) in [6, 6.07) is 3.81. The highest BCUT2D eigenvalue weighted by atomic mass is 16.6. The predicted octanol–water partition coefficient (Wildman–Crippen LogP) is 1.87. The fraction of sp³-hybridized carbons (Fsp3) is 0.308. The number of hydrogen-bond donors (Lipinski definition) is 2. The van der Waals surface area contributed by atoms with Crippen LogP contribution in [0, 0.1) is 10.1 Å². The Bertz CT molecular complexity index is 605. The van der Waals surface area contributed by atoms with Crippen LogP contribution in [-0.2, 0) is 6.42 Å². The first kappa shape index (κ1) is 14.6. The normalized spacial score (nSPS) is 10.1. The highest BCUT2D eigenvalue weighted by molar-refractivity contribution is 5.69. The first-order valence-corrected chi connectivity index (χ1v) is 6.58. The Labute approximate surface area is 121 Å². The van der Waals surface area contributed by atoms with Gasteiger partial charge in [0.15, 0.2) is 0 Å². The maximum Gasteiger partial charge on any atom is 0.353 e. The van der Waals surface area contributed by atoms with Gasteiger partial charge in [0.05, 0.1) is 4.92 Å². The molecule has 8 nitrogen and oxygen atoms in total. The summed E-state index contributed by atoms with van der Waals surface area (Å²) in [5.74, 6) is 0.448. The minimum absolute atomic E-state index is 0.130. The average molecular weight is 288 g/mol. The van der Waals surface area contributed by atoms with Gasteiger partial charge in [-0.15, -0.1) is 0 Å². The lowest BCUT2D eigenvalue weighted by Crippen LogP contribution is -2.11. The first-order chi connectivity index (χ1) is 10.2. The lowest BCUT2D eigenvalue weighted by molar-refractivity contribution is -0.383. The molecule has 0 fully saturated rings. The van der Waals surface area contributed by atoms with E-state index in [1.54, 1.807) is 12.4 Å². The molecule has 0 amide bonds. The van der Waals surface area contributed by atoms with E-state index in [0.717, 1.165) is 12.0 Å². The number of nitro groups is 1. The zero-order valence-corrected chi connectivity index (χ0v) is 11.6. The molecular weight excluding hydrogens is 272 g/mol. The van der Waals surface area contributed by atoms with Gasteiger partial charge in [0, 0.05) is 25.5 Å². The minimum Gasteiger partial charge on any atom is -0.364 e. The van der Waals surface area contributed by atoms with E-state index < -0.39 is 4.92 Å². The lowest BCUT2D eigenvalue weighted by atomic mass is 10.2. The molecule has 0 aliphatic carbocycles. The Morgan fingerprint density at radius 3 is 2.48 bits per heavy atom. The molecule has 2 aromatic rings. The van der Waals surface area contributed by atoms with E-state index in [-0.39, 0.29) is 17.3 Å². The van der Waals surface area contributed by atoms with Crippen LogP contribution in [0.25, 0.3) is 0 Å². The van der Waals surface area contributed by atoms with Crippen LogP contribution in [0.15, 0.2) is 30.9 Å². The van der Waals surface area contributed by atoms with Crippen molar-refractivity contribution in [2.24, 2.45) is 0 Å². The Morgan fingerprint density at radius 2 is 1.86 bits per heavy atom. The maximum atomic E-state index is 11.2. The summed E-state index contributed by atoms with van der Waals surface area (Å²) in [6.45, 7) is 2.93. The van der Waals surface area contributed by atoms with Crippen LogP contribution in [-0.4, -0.2) is 33.0 Å². The van der Waals surface area contributed by atoms with Crippen LogP contribution < -0.4 is 10.6 Å². The zero-order valence-electron chi connectivity index (χ0n) is 11.6. The fourth-order valence-electron chi connectivity index (χ4n) is 1.85. The number of pyridine rings is 1. The van der Waals surface area contributed by atoms with Crippen molar-refractivity contribution in [3.63, 3.8) is 0 Å². The van der Waals surface area contributed by atoms with Crippen molar-refractivity contribution in [3.05, 3.63) is 46.5 Å². The van der Waals surface area contributed by atoms with Crippen molar-refractivity contribution < 1.29 is 4.92 Å². The third kappa shape index (κ3) is 3.85. The molecule has 0 radical (unpaired) electrons. The zero-order chi connectivity index (χ0) is 15.1. The highest BCUT2D eigenvalue weighted by Gasteiger charge is 2.22. The fourth-order valence-corrected chi connectivity index (χ4v) is 1.85. The number of nitrogens with one attached hydrogen (secondary N) is 2. The highest BCUT2D eigenvalue weighted by Crippen LogP contribution is 2.28. The van der Waals surface area contributed by atoms with Crippen LogP contribution in [0.1, 0.15) is 12.5 Å². The lowest BCUT2D eigenvalue weighted by Gasteiger charge is -2.09. The van der Waals surface area contributed by atoms with Gasteiger partial charge in [0.2, 0.25) is 11.6 Å². The Morgan fingerprint density at radius 1 is 1.19 bits per heavy atom.